The van der Waals surface area contributed by atoms with Crippen molar-refractivity contribution in [3.05, 3.63) is 46.9 Å². The number of aromatic nitrogens is 5. The van der Waals surface area contributed by atoms with Crippen LogP contribution in [0.1, 0.15) is 16.4 Å². The van der Waals surface area contributed by atoms with Gasteiger partial charge in [-0.15, -0.1) is 11.3 Å². The molecule has 0 radical (unpaired) electrons. The van der Waals surface area contributed by atoms with Crippen molar-refractivity contribution in [2.75, 3.05) is 0 Å². The fraction of sp³-hybridized carbons (Fsp3) is 0.176. The van der Waals surface area contributed by atoms with E-state index >= 15 is 0 Å². The fourth-order valence-corrected chi connectivity index (χ4v) is 3.63. The van der Waals surface area contributed by atoms with Gasteiger partial charge < -0.3 is 4.57 Å². The van der Waals surface area contributed by atoms with Crippen molar-refractivity contribution in [3.8, 4) is 23.3 Å². The van der Waals surface area contributed by atoms with Gasteiger partial charge in [-0.3, -0.25) is 0 Å². The van der Waals surface area contributed by atoms with E-state index < -0.39 is 0 Å². The molecule has 4 rings (SSSR count). The van der Waals surface area contributed by atoms with Crippen LogP contribution in [0.2, 0.25) is 0 Å². The number of rotatable bonds is 2. The van der Waals surface area contributed by atoms with Crippen LogP contribution in [0.25, 0.3) is 27.4 Å². The van der Waals surface area contributed by atoms with Crippen LogP contribution in [0.15, 0.2) is 30.5 Å². The molecule has 0 atom stereocenters. The van der Waals surface area contributed by atoms with Crippen LogP contribution in [-0.2, 0) is 7.05 Å². The first-order valence-electron chi connectivity index (χ1n) is 7.43. The highest BCUT2D eigenvalue weighted by atomic mass is 32.1. The molecule has 7 heteroatoms. The molecule has 0 aliphatic rings. The molecular formula is C17H14N6S. The van der Waals surface area contributed by atoms with Crippen molar-refractivity contribution in [2.45, 2.75) is 13.8 Å². The molecule has 0 saturated heterocycles. The Morgan fingerprint density at radius 1 is 1.17 bits per heavy atom. The van der Waals surface area contributed by atoms with Crippen LogP contribution >= 0.6 is 11.3 Å². The molecule has 3 heterocycles. The number of nitrogens with zero attached hydrogens (tertiary/aromatic N) is 6. The van der Waals surface area contributed by atoms with Crippen molar-refractivity contribution in [1.82, 2.24) is 24.3 Å². The zero-order chi connectivity index (χ0) is 16.8. The second-order valence-electron chi connectivity index (χ2n) is 5.62. The molecule has 0 spiro atoms. The monoisotopic (exact) mass is 334 g/mol. The van der Waals surface area contributed by atoms with Gasteiger partial charge in [0.2, 0.25) is 0 Å². The van der Waals surface area contributed by atoms with E-state index in [0.29, 0.717) is 11.4 Å². The molecule has 1 aromatic carbocycles. The number of nitriles is 1. The van der Waals surface area contributed by atoms with Crippen molar-refractivity contribution in [3.63, 3.8) is 0 Å². The van der Waals surface area contributed by atoms with Crippen LogP contribution < -0.4 is 0 Å². The van der Waals surface area contributed by atoms with Gasteiger partial charge in [0, 0.05) is 13.2 Å². The van der Waals surface area contributed by atoms with Crippen molar-refractivity contribution in [1.29, 1.82) is 5.26 Å². The lowest BCUT2D eigenvalue weighted by Gasteiger charge is -2.06. The second-order valence-corrected chi connectivity index (χ2v) is 6.85. The predicted molar refractivity (Wildman–Crippen MR) is 93.1 cm³/mol. The number of hydrogen-bond acceptors (Lipinski definition) is 5. The highest BCUT2D eigenvalue weighted by Crippen LogP contribution is 2.27. The topological polar surface area (TPSA) is 72.3 Å². The molecule has 118 valence electrons. The van der Waals surface area contributed by atoms with Gasteiger partial charge in [0.25, 0.3) is 0 Å². The molecule has 0 saturated carbocycles. The summed E-state index contributed by atoms with van der Waals surface area (Å²) >= 11 is 1.66. The first-order chi connectivity index (χ1) is 11.5. The van der Waals surface area contributed by atoms with E-state index in [-0.39, 0.29) is 0 Å². The van der Waals surface area contributed by atoms with E-state index in [0.717, 1.165) is 32.4 Å². The van der Waals surface area contributed by atoms with Crippen LogP contribution in [0.4, 0.5) is 0 Å². The average Bonchev–Trinajstić information content (AvgIpc) is 3.21. The summed E-state index contributed by atoms with van der Waals surface area (Å²) in [5, 5.41) is 14.7. The highest BCUT2D eigenvalue weighted by molar-refractivity contribution is 7.18. The fourth-order valence-electron chi connectivity index (χ4n) is 2.77. The Labute approximate surface area is 142 Å². The summed E-state index contributed by atoms with van der Waals surface area (Å²) < 4.78 is 4.84. The normalized spacial score (nSPS) is 11.1. The third-order valence-corrected chi connectivity index (χ3v) is 4.73. The molecular weight excluding hydrogens is 320 g/mol. The van der Waals surface area contributed by atoms with E-state index in [4.69, 9.17) is 5.26 Å². The lowest BCUT2D eigenvalue weighted by molar-refractivity contribution is 0.850. The Morgan fingerprint density at radius 2 is 2.00 bits per heavy atom. The van der Waals surface area contributed by atoms with Crippen molar-refractivity contribution < 1.29 is 0 Å². The maximum absolute atomic E-state index is 9.12. The quantitative estimate of drug-likeness (QED) is 0.563. The molecule has 0 unspecified atom stereocenters. The number of aryl methyl sites for hydroxylation is 3. The summed E-state index contributed by atoms with van der Waals surface area (Å²) in [5.41, 5.74) is 3.38. The molecule has 0 N–H and O–H groups in total. The number of fused-ring (bicyclic) bond motifs is 1. The Kier molecular flexibility index (Phi) is 3.22. The molecule has 0 fully saturated rings. The lowest BCUT2D eigenvalue weighted by Crippen LogP contribution is -2.02. The minimum Gasteiger partial charge on any atom is -0.347 e. The lowest BCUT2D eigenvalue weighted by atomic mass is 10.3. The molecule has 6 nitrogen and oxygen atoms in total. The van der Waals surface area contributed by atoms with Crippen LogP contribution in [0.3, 0.4) is 0 Å². The molecule has 0 aliphatic heterocycles. The summed E-state index contributed by atoms with van der Waals surface area (Å²) in [7, 11) is 1.90. The molecule has 4 aromatic rings. The third-order valence-electron chi connectivity index (χ3n) is 3.80. The average molecular weight is 334 g/mol. The standard InChI is InChI=1S/C17H14N6S/c1-10-19-17(15-6-12(8-18)9-22(15)3)23(21-10)13-4-5-14-16(7-13)24-11(2)20-14/h4-7,9H,1-3H3. The SMILES string of the molecule is Cc1nc(-c2cc(C#N)cn2C)n(-c2ccc3nc(C)sc3c2)n1. The van der Waals surface area contributed by atoms with Gasteiger partial charge in [-0.25, -0.2) is 14.6 Å². The van der Waals surface area contributed by atoms with Crippen molar-refractivity contribution in [2.24, 2.45) is 7.05 Å². The van der Waals surface area contributed by atoms with Crippen LogP contribution in [0, 0.1) is 25.2 Å². The number of thiazole rings is 1. The highest BCUT2D eigenvalue weighted by Gasteiger charge is 2.16. The summed E-state index contributed by atoms with van der Waals surface area (Å²) in [6.45, 7) is 3.87. The Bertz CT molecular complexity index is 1110. The summed E-state index contributed by atoms with van der Waals surface area (Å²) in [6, 6.07) is 10.1. The second kappa shape index (κ2) is 5.28. The minimum atomic E-state index is 0.605. The molecule has 3 aromatic heterocycles. The Morgan fingerprint density at radius 3 is 2.75 bits per heavy atom. The smallest absolute Gasteiger partial charge is 0.179 e. The molecule has 24 heavy (non-hydrogen) atoms. The number of benzene rings is 1. The van der Waals surface area contributed by atoms with Gasteiger partial charge in [0.15, 0.2) is 5.82 Å². The van der Waals surface area contributed by atoms with Gasteiger partial charge in [0.05, 0.1) is 32.2 Å². The number of hydrogen-bond donors (Lipinski definition) is 0. The largest absolute Gasteiger partial charge is 0.347 e. The third kappa shape index (κ3) is 2.28. The van der Waals surface area contributed by atoms with E-state index in [1.165, 1.54) is 0 Å². The summed E-state index contributed by atoms with van der Waals surface area (Å²) in [6.07, 6.45) is 1.79. The summed E-state index contributed by atoms with van der Waals surface area (Å²) in [4.78, 5) is 9.06. The van der Waals surface area contributed by atoms with Crippen molar-refractivity contribution >= 4 is 21.6 Å². The van der Waals surface area contributed by atoms with Crippen LogP contribution in [-0.4, -0.2) is 24.3 Å². The zero-order valence-corrected chi connectivity index (χ0v) is 14.3. The molecule has 0 amide bonds. The van der Waals surface area contributed by atoms with E-state index in [1.54, 1.807) is 17.5 Å². The first kappa shape index (κ1) is 14.6. The minimum absolute atomic E-state index is 0.605. The molecule has 0 aliphatic carbocycles. The first-order valence-corrected chi connectivity index (χ1v) is 8.25. The zero-order valence-electron chi connectivity index (χ0n) is 13.5. The Hall–Kier alpha value is -2.98. The van der Waals surface area contributed by atoms with Gasteiger partial charge in [-0.1, -0.05) is 0 Å². The van der Waals surface area contributed by atoms with E-state index in [1.807, 2.05) is 48.3 Å². The van der Waals surface area contributed by atoms with E-state index in [9.17, 15) is 0 Å². The van der Waals surface area contributed by atoms with E-state index in [2.05, 4.69) is 27.2 Å². The maximum atomic E-state index is 9.12. The van der Waals surface area contributed by atoms with Gasteiger partial charge in [0.1, 0.15) is 11.9 Å². The summed E-state index contributed by atoms with van der Waals surface area (Å²) in [5.74, 6) is 1.40. The Balaban J connectivity index is 1.91. The van der Waals surface area contributed by atoms with Gasteiger partial charge in [-0.05, 0) is 38.1 Å². The predicted octanol–water partition coefficient (Wildman–Crippen LogP) is 3.37. The van der Waals surface area contributed by atoms with Gasteiger partial charge in [-0.2, -0.15) is 10.4 Å². The molecule has 0 bridgehead atoms. The van der Waals surface area contributed by atoms with Crippen LogP contribution in [0.5, 0.6) is 0 Å². The maximum Gasteiger partial charge on any atom is 0.179 e. The van der Waals surface area contributed by atoms with Gasteiger partial charge >= 0.3 is 0 Å².